The van der Waals surface area contributed by atoms with E-state index in [-0.39, 0.29) is 12.2 Å². The first-order valence-electron chi connectivity index (χ1n) is 7.00. The lowest BCUT2D eigenvalue weighted by molar-refractivity contribution is 0.0974. The van der Waals surface area contributed by atoms with Gasteiger partial charge in [-0.25, -0.2) is 0 Å². The van der Waals surface area contributed by atoms with Gasteiger partial charge in [-0.2, -0.15) is 10.5 Å². The van der Waals surface area contributed by atoms with Crippen molar-refractivity contribution in [3.63, 3.8) is 0 Å². The van der Waals surface area contributed by atoms with E-state index in [0.29, 0.717) is 4.88 Å². The van der Waals surface area contributed by atoms with Crippen molar-refractivity contribution in [2.45, 2.75) is 26.2 Å². The van der Waals surface area contributed by atoms with Gasteiger partial charge in [-0.05, 0) is 36.4 Å². The van der Waals surface area contributed by atoms with Crippen molar-refractivity contribution >= 4 is 17.1 Å². The number of nitrogens with zero attached hydrogens (tertiary/aromatic N) is 2. The number of carbonyl (C=O) groups excluding carboxylic acids is 1. The van der Waals surface area contributed by atoms with Crippen LogP contribution in [0.15, 0.2) is 35.7 Å². The van der Waals surface area contributed by atoms with Crippen molar-refractivity contribution in [2.75, 3.05) is 0 Å². The van der Waals surface area contributed by atoms with Gasteiger partial charge >= 0.3 is 0 Å². The molecule has 3 nitrogen and oxygen atoms in total. The van der Waals surface area contributed by atoms with Crippen LogP contribution in [0.3, 0.4) is 0 Å². The Kier molecular flexibility index (Phi) is 5.09. The SMILES string of the molecule is Cc1ccc(C(CC(=O)c2cccs2)C(C#N)C#N)c(C)c1. The molecule has 2 aromatic rings. The molecule has 0 N–H and O–H groups in total. The van der Waals surface area contributed by atoms with Gasteiger partial charge in [0, 0.05) is 12.3 Å². The van der Waals surface area contributed by atoms with Gasteiger partial charge in [0.05, 0.1) is 17.0 Å². The predicted octanol–water partition coefficient (Wildman–Crippen LogP) is 4.38. The van der Waals surface area contributed by atoms with Crippen molar-refractivity contribution in [3.8, 4) is 12.1 Å². The normalized spacial score (nSPS) is 11.7. The average molecular weight is 308 g/mol. The first kappa shape index (κ1) is 15.9. The monoisotopic (exact) mass is 308 g/mol. The average Bonchev–Trinajstić information content (AvgIpc) is 3.02. The third kappa shape index (κ3) is 3.42. The first-order chi connectivity index (χ1) is 10.6. The molecule has 110 valence electrons. The van der Waals surface area contributed by atoms with Crippen molar-refractivity contribution < 1.29 is 4.79 Å². The highest BCUT2D eigenvalue weighted by molar-refractivity contribution is 7.12. The van der Waals surface area contributed by atoms with Gasteiger partial charge in [0.2, 0.25) is 0 Å². The summed E-state index contributed by atoms with van der Waals surface area (Å²) in [6, 6.07) is 13.6. The van der Waals surface area contributed by atoms with E-state index < -0.39 is 11.8 Å². The highest BCUT2D eigenvalue weighted by Crippen LogP contribution is 2.32. The van der Waals surface area contributed by atoms with Gasteiger partial charge in [0.15, 0.2) is 5.78 Å². The van der Waals surface area contributed by atoms with Crippen LogP contribution in [0.5, 0.6) is 0 Å². The first-order valence-corrected chi connectivity index (χ1v) is 7.88. The lowest BCUT2D eigenvalue weighted by Gasteiger charge is -2.19. The second-order valence-electron chi connectivity index (χ2n) is 5.31. The van der Waals surface area contributed by atoms with Gasteiger partial charge in [0.1, 0.15) is 5.92 Å². The molecule has 0 fully saturated rings. The summed E-state index contributed by atoms with van der Waals surface area (Å²) < 4.78 is 0. The number of Topliss-reactive ketones (excluding diaryl/α,β-unsaturated/α-hetero) is 1. The fourth-order valence-corrected chi connectivity index (χ4v) is 3.27. The quantitative estimate of drug-likeness (QED) is 0.770. The second-order valence-corrected chi connectivity index (χ2v) is 6.25. The number of nitriles is 2. The molecule has 0 aliphatic heterocycles. The molecular weight excluding hydrogens is 292 g/mol. The number of hydrogen-bond acceptors (Lipinski definition) is 4. The maximum absolute atomic E-state index is 12.4. The van der Waals surface area contributed by atoms with Crippen LogP contribution in [-0.4, -0.2) is 5.78 Å². The lowest BCUT2D eigenvalue weighted by Crippen LogP contribution is -2.15. The van der Waals surface area contributed by atoms with E-state index in [1.165, 1.54) is 11.3 Å². The Morgan fingerprint density at radius 3 is 2.50 bits per heavy atom. The smallest absolute Gasteiger partial charge is 0.173 e. The van der Waals surface area contributed by atoms with Gasteiger partial charge in [0.25, 0.3) is 0 Å². The van der Waals surface area contributed by atoms with Crippen LogP contribution < -0.4 is 0 Å². The van der Waals surface area contributed by atoms with E-state index in [2.05, 4.69) is 0 Å². The molecule has 1 aromatic carbocycles. The zero-order chi connectivity index (χ0) is 16.1. The number of rotatable bonds is 5. The Bertz CT molecular complexity index is 736. The maximum Gasteiger partial charge on any atom is 0.173 e. The molecule has 4 heteroatoms. The van der Waals surface area contributed by atoms with Gasteiger partial charge < -0.3 is 0 Å². The minimum absolute atomic E-state index is 0.0181. The molecule has 0 spiro atoms. The summed E-state index contributed by atoms with van der Waals surface area (Å²) in [5.41, 5.74) is 3.04. The fraction of sp³-hybridized carbons (Fsp3) is 0.278. The molecule has 0 saturated heterocycles. The van der Waals surface area contributed by atoms with Crippen LogP contribution in [0.4, 0.5) is 0 Å². The predicted molar refractivity (Wildman–Crippen MR) is 86.6 cm³/mol. The van der Waals surface area contributed by atoms with E-state index in [1.807, 2.05) is 55.6 Å². The summed E-state index contributed by atoms with van der Waals surface area (Å²) >= 11 is 1.39. The van der Waals surface area contributed by atoms with Gasteiger partial charge in [-0.1, -0.05) is 29.8 Å². The zero-order valence-corrected chi connectivity index (χ0v) is 13.4. The number of hydrogen-bond donors (Lipinski definition) is 0. The third-order valence-corrected chi connectivity index (χ3v) is 4.62. The van der Waals surface area contributed by atoms with Gasteiger partial charge in [-0.3, -0.25) is 4.79 Å². The highest BCUT2D eigenvalue weighted by atomic mass is 32.1. The molecule has 0 aliphatic carbocycles. The van der Waals surface area contributed by atoms with Crippen LogP contribution in [-0.2, 0) is 0 Å². The van der Waals surface area contributed by atoms with E-state index >= 15 is 0 Å². The van der Waals surface area contributed by atoms with E-state index in [0.717, 1.165) is 16.7 Å². The number of ketones is 1. The number of benzene rings is 1. The van der Waals surface area contributed by atoms with Gasteiger partial charge in [-0.15, -0.1) is 11.3 Å². The summed E-state index contributed by atoms with van der Waals surface area (Å²) in [5, 5.41) is 20.4. The molecule has 1 aromatic heterocycles. The van der Waals surface area contributed by atoms with Crippen molar-refractivity contribution in [3.05, 3.63) is 57.3 Å². The Labute approximate surface area is 134 Å². The standard InChI is InChI=1S/C18H16N2OS/c1-12-5-6-15(13(2)8-12)16(14(10-19)11-20)9-17(21)18-4-3-7-22-18/h3-8,14,16H,9H2,1-2H3. The molecule has 1 unspecified atom stereocenters. The Morgan fingerprint density at radius 1 is 1.23 bits per heavy atom. The summed E-state index contributed by atoms with van der Waals surface area (Å²) in [7, 11) is 0. The van der Waals surface area contributed by atoms with E-state index in [1.54, 1.807) is 6.07 Å². The Morgan fingerprint density at radius 2 is 1.95 bits per heavy atom. The third-order valence-electron chi connectivity index (χ3n) is 3.71. The van der Waals surface area contributed by atoms with E-state index in [4.69, 9.17) is 0 Å². The largest absolute Gasteiger partial charge is 0.293 e. The molecular formula is C18H16N2OS. The molecule has 1 atom stereocenters. The summed E-state index contributed by atoms with van der Waals surface area (Å²) in [6.45, 7) is 3.95. The minimum atomic E-state index is -0.828. The molecule has 0 aliphatic rings. The molecule has 0 amide bonds. The number of aryl methyl sites for hydroxylation is 2. The van der Waals surface area contributed by atoms with Crippen LogP contribution >= 0.6 is 11.3 Å². The van der Waals surface area contributed by atoms with Crippen LogP contribution in [0.2, 0.25) is 0 Å². The van der Waals surface area contributed by atoms with Crippen molar-refractivity contribution in [1.82, 2.24) is 0 Å². The molecule has 22 heavy (non-hydrogen) atoms. The van der Waals surface area contributed by atoms with E-state index in [9.17, 15) is 15.3 Å². The molecule has 1 heterocycles. The molecule has 0 bridgehead atoms. The van der Waals surface area contributed by atoms with Crippen LogP contribution in [0.25, 0.3) is 0 Å². The zero-order valence-electron chi connectivity index (χ0n) is 12.5. The minimum Gasteiger partial charge on any atom is -0.293 e. The van der Waals surface area contributed by atoms with Crippen molar-refractivity contribution in [1.29, 1.82) is 10.5 Å². The molecule has 2 rings (SSSR count). The summed E-state index contributed by atoms with van der Waals surface area (Å²) in [5.74, 6) is -1.24. The maximum atomic E-state index is 12.4. The summed E-state index contributed by atoms with van der Waals surface area (Å²) in [4.78, 5) is 13.1. The van der Waals surface area contributed by atoms with Crippen molar-refractivity contribution in [2.24, 2.45) is 5.92 Å². The number of thiophene rings is 1. The Hall–Kier alpha value is -2.43. The summed E-state index contributed by atoms with van der Waals surface area (Å²) in [6.07, 6.45) is 0.177. The fourth-order valence-electron chi connectivity index (χ4n) is 2.60. The molecule has 0 saturated carbocycles. The highest BCUT2D eigenvalue weighted by Gasteiger charge is 2.27. The lowest BCUT2D eigenvalue weighted by atomic mass is 9.81. The van der Waals surface area contributed by atoms with Crippen LogP contribution in [0, 0.1) is 42.4 Å². The Balaban J connectivity index is 2.37. The van der Waals surface area contributed by atoms with Crippen LogP contribution in [0.1, 0.15) is 38.7 Å². The number of carbonyl (C=O) groups is 1. The second kappa shape index (κ2) is 7.02. The topological polar surface area (TPSA) is 64.7 Å². The molecule has 0 radical (unpaired) electrons.